The monoisotopic (exact) mass is 378 g/mol. The van der Waals surface area contributed by atoms with E-state index in [0.717, 1.165) is 5.56 Å². The minimum absolute atomic E-state index is 0.0218. The molecule has 0 radical (unpaired) electrons. The van der Waals surface area contributed by atoms with E-state index in [-0.39, 0.29) is 29.8 Å². The van der Waals surface area contributed by atoms with Crippen LogP contribution in [-0.2, 0) is 9.59 Å². The van der Waals surface area contributed by atoms with Gasteiger partial charge in [-0.15, -0.1) is 0 Å². The minimum atomic E-state index is -0.518. The van der Waals surface area contributed by atoms with Gasteiger partial charge in [0.05, 0.1) is 6.04 Å². The maximum Gasteiger partial charge on any atom is 0.319 e. The van der Waals surface area contributed by atoms with Gasteiger partial charge in [0.25, 0.3) is 0 Å². The van der Waals surface area contributed by atoms with Crippen LogP contribution < -0.4 is 16.0 Å². The van der Waals surface area contributed by atoms with Crippen molar-refractivity contribution in [1.29, 1.82) is 0 Å². The lowest BCUT2D eigenvalue weighted by Gasteiger charge is -2.36. The Morgan fingerprint density at radius 1 is 1.35 bits per heavy atom. The number of carbonyl (C=O) groups excluding carboxylic acids is 3. The molecule has 8 heteroatoms. The number of amides is 4. The fourth-order valence-corrected chi connectivity index (χ4v) is 3.64. The van der Waals surface area contributed by atoms with Crippen LogP contribution in [-0.4, -0.2) is 47.4 Å². The van der Waals surface area contributed by atoms with E-state index in [2.05, 4.69) is 16.0 Å². The van der Waals surface area contributed by atoms with Crippen LogP contribution in [0.2, 0.25) is 5.02 Å². The quantitative estimate of drug-likeness (QED) is 0.750. The molecule has 2 aliphatic heterocycles. The van der Waals surface area contributed by atoms with Gasteiger partial charge in [-0.25, -0.2) is 4.79 Å². The standard InChI is InChI=1S/C18H23ClN4O3/c1-9(2)15-17(25)23-8-11(7-14(23)16(24)22-15)20-18(26)21-13-6-4-5-12(19)10(13)3/h4-6,9,11,14-15H,7-8H2,1-3H3,(H,22,24)(H2,20,21,26)/t11-,14-,15+/m0/s1. The van der Waals surface area contributed by atoms with E-state index in [1.807, 2.05) is 20.8 Å². The second-order valence-electron chi connectivity index (χ2n) is 7.18. The average Bonchev–Trinajstić information content (AvgIpc) is 2.99. The van der Waals surface area contributed by atoms with Crippen LogP contribution in [0.5, 0.6) is 0 Å². The third kappa shape index (κ3) is 3.49. The molecule has 7 nitrogen and oxygen atoms in total. The van der Waals surface area contributed by atoms with Crippen molar-refractivity contribution in [2.24, 2.45) is 5.92 Å². The van der Waals surface area contributed by atoms with Gasteiger partial charge in [-0.2, -0.15) is 0 Å². The summed E-state index contributed by atoms with van der Waals surface area (Å²) in [6, 6.07) is 3.60. The lowest BCUT2D eigenvalue weighted by molar-refractivity contribution is -0.148. The number of piperazine rings is 1. The number of benzene rings is 1. The lowest BCUT2D eigenvalue weighted by Crippen LogP contribution is -2.62. The molecular weight excluding hydrogens is 356 g/mol. The van der Waals surface area contributed by atoms with Crippen LogP contribution >= 0.6 is 11.6 Å². The molecule has 3 atom stereocenters. The smallest absolute Gasteiger partial charge is 0.319 e. The van der Waals surface area contributed by atoms with Gasteiger partial charge in [0.2, 0.25) is 11.8 Å². The molecule has 26 heavy (non-hydrogen) atoms. The van der Waals surface area contributed by atoms with E-state index in [1.165, 1.54) is 0 Å². The van der Waals surface area contributed by atoms with E-state index in [4.69, 9.17) is 11.6 Å². The first-order valence-corrected chi connectivity index (χ1v) is 9.09. The van der Waals surface area contributed by atoms with Crippen LogP contribution in [0.4, 0.5) is 10.5 Å². The molecule has 2 saturated heterocycles. The molecule has 4 amide bonds. The maximum absolute atomic E-state index is 12.6. The SMILES string of the molecule is Cc1c(Cl)cccc1NC(=O)N[C@H]1C[C@H]2C(=O)N[C@H](C(C)C)C(=O)N2C1. The fourth-order valence-electron chi connectivity index (χ4n) is 3.46. The van der Waals surface area contributed by atoms with Gasteiger partial charge in [-0.05, 0) is 37.0 Å². The van der Waals surface area contributed by atoms with Gasteiger partial charge < -0.3 is 20.9 Å². The Bertz CT molecular complexity index is 752. The first kappa shape index (κ1) is 18.5. The zero-order valence-electron chi connectivity index (χ0n) is 15.0. The van der Waals surface area contributed by atoms with Crippen molar-refractivity contribution in [2.45, 2.75) is 45.3 Å². The number of hydrogen-bond donors (Lipinski definition) is 3. The zero-order valence-corrected chi connectivity index (χ0v) is 15.8. The lowest BCUT2D eigenvalue weighted by atomic mass is 9.98. The van der Waals surface area contributed by atoms with E-state index in [0.29, 0.717) is 23.7 Å². The molecule has 0 unspecified atom stereocenters. The molecule has 0 bridgehead atoms. The van der Waals surface area contributed by atoms with Crippen molar-refractivity contribution in [3.8, 4) is 0 Å². The number of fused-ring (bicyclic) bond motifs is 1. The van der Waals surface area contributed by atoms with E-state index < -0.39 is 12.1 Å². The number of halogens is 1. The van der Waals surface area contributed by atoms with E-state index in [9.17, 15) is 14.4 Å². The number of carbonyl (C=O) groups is 3. The normalized spacial score (nSPS) is 25.1. The molecule has 2 fully saturated rings. The molecule has 1 aromatic carbocycles. The summed E-state index contributed by atoms with van der Waals surface area (Å²) in [4.78, 5) is 38.7. The third-order valence-corrected chi connectivity index (χ3v) is 5.38. The van der Waals surface area contributed by atoms with Gasteiger partial charge in [-0.1, -0.05) is 31.5 Å². The van der Waals surface area contributed by atoms with E-state index >= 15 is 0 Å². The van der Waals surface area contributed by atoms with Crippen molar-refractivity contribution in [3.05, 3.63) is 28.8 Å². The Morgan fingerprint density at radius 2 is 2.08 bits per heavy atom. The second-order valence-corrected chi connectivity index (χ2v) is 7.59. The number of hydrogen-bond acceptors (Lipinski definition) is 3. The summed E-state index contributed by atoms with van der Waals surface area (Å²) in [5.41, 5.74) is 1.40. The van der Waals surface area contributed by atoms with Crippen LogP contribution in [0, 0.1) is 12.8 Å². The summed E-state index contributed by atoms with van der Waals surface area (Å²) in [6.07, 6.45) is 0.407. The molecule has 0 spiro atoms. The number of rotatable bonds is 3. The molecular formula is C18H23ClN4O3. The average molecular weight is 379 g/mol. The zero-order chi connectivity index (χ0) is 19.0. The van der Waals surface area contributed by atoms with Gasteiger partial charge in [0.15, 0.2) is 0 Å². The highest BCUT2D eigenvalue weighted by Gasteiger charge is 2.47. The molecule has 140 valence electrons. The van der Waals surface area contributed by atoms with Gasteiger partial charge in [0.1, 0.15) is 12.1 Å². The highest BCUT2D eigenvalue weighted by molar-refractivity contribution is 6.31. The van der Waals surface area contributed by atoms with Crippen LogP contribution in [0.3, 0.4) is 0 Å². The first-order chi connectivity index (χ1) is 12.3. The maximum atomic E-state index is 12.6. The van der Waals surface area contributed by atoms with Crippen LogP contribution in [0.15, 0.2) is 18.2 Å². The molecule has 3 rings (SSSR count). The molecule has 1 aromatic rings. The summed E-state index contributed by atoms with van der Waals surface area (Å²) in [7, 11) is 0. The molecule has 2 aliphatic rings. The summed E-state index contributed by atoms with van der Waals surface area (Å²) in [5, 5.41) is 8.98. The minimum Gasteiger partial charge on any atom is -0.342 e. The summed E-state index contributed by atoms with van der Waals surface area (Å²) in [5.74, 6) is -0.216. The molecule has 0 saturated carbocycles. The summed E-state index contributed by atoms with van der Waals surface area (Å²) in [6.45, 7) is 5.95. The largest absolute Gasteiger partial charge is 0.342 e. The molecule has 3 N–H and O–H groups in total. The predicted octanol–water partition coefficient (Wildman–Crippen LogP) is 1.89. The van der Waals surface area contributed by atoms with Gasteiger partial charge >= 0.3 is 6.03 Å². The summed E-state index contributed by atoms with van der Waals surface area (Å²) >= 11 is 6.06. The number of nitrogens with zero attached hydrogens (tertiary/aromatic N) is 1. The Morgan fingerprint density at radius 3 is 2.77 bits per heavy atom. The third-order valence-electron chi connectivity index (χ3n) is 4.97. The van der Waals surface area contributed by atoms with Crippen molar-refractivity contribution in [1.82, 2.24) is 15.5 Å². The Kier molecular flexibility index (Phi) is 5.09. The van der Waals surface area contributed by atoms with Crippen molar-refractivity contribution in [3.63, 3.8) is 0 Å². The van der Waals surface area contributed by atoms with Crippen molar-refractivity contribution >= 4 is 35.1 Å². The Hall–Kier alpha value is -2.28. The highest BCUT2D eigenvalue weighted by atomic mass is 35.5. The molecule has 0 aromatic heterocycles. The number of anilines is 1. The molecule has 0 aliphatic carbocycles. The molecule has 2 heterocycles. The van der Waals surface area contributed by atoms with Crippen molar-refractivity contribution in [2.75, 3.05) is 11.9 Å². The summed E-state index contributed by atoms with van der Waals surface area (Å²) < 4.78 is 0. The van der Waals surface area contributed by atoms with E-state index in [1.54, 1.807) is 23.1 Å². The van der Waals surface area contributed by atoms with Gasteiger partial charge in [-0.3, -0.25) is 9.59 Å². The van der Waals surface area contributed by atoms with Crippen LogP contribution in [0.1, 0.15) is 25.8 Å². The Labute approximate surface area is 157 Å². The number of nitrogens with one attached hydrogen (secondary N) is 3. The number of urea groups is 1. The topological polar surface area (TPSA) is 90.5 Å². The van der Waals surface area contributed by atoms with Crippen molar-refractivity contribution < 1.29 is 14.4 Å². The van der Waals surface area contributed by atoms with Gasteiger partial charge in [0, 0.05) is 17.3 Å². The second kappa shape index (κ2) is 7.15. The first-order valence-electron chi connectivity index (χ1n) is 8.71. The fraction of sp³-hybridized carbons (Fsp3) is 0.500. The van der Waals surface area contributed by atoms with Crippen LogP contribution in [0.25, 0.3) is 0 Å². The predicted molar refractivity (Wildman–Crippen MR) is 99.0 cm³/mol. The highest BCUT2D eigenvalue weighted by Crippen LogP contribution is 2.26. The Balaban J connectivity index is 1.64.